The van der Waals surface area contributed by atoms with E-state index in [-0.39, 0.29) is 23.9 Å². The number of nitrogens with zero attached hydrogens (tertiary/aromatic N) is 1. The van der Waals surface area contributed by atoms with E-state index in [1.165, 1.54) is 0 Å². The predicted molar refractivity (Wildman–Crippen MR) is 96.1 cm³/mol. The van der Waals surface area contributed by atoms with Crippen LogP contribution in [0, 0.1) is 5.92 Å². The number of hydrogen-bond donors (Lipinski definition) is 2. The van der Waals surface area contributed by atoms with Crippen molar-refractivity contribution in [3.8, 4) is 0 Å². The molecule has 0 atom stereocenters. The molecule has 24 heavy (non-hydrogen) atoms. The molecule has 0 aliphatic carbocycles. The zero-order valence-electron chi connectivity index (χ0n) is 14.3. The number of nitrogens with one attached hydrogen (secondary N) is 2. The second-order valence-electron chi connectivity index (χ2n) is 6.53. The van der Waals surface area contributed by atoms with Crippen molar-refractivity contribution in [1.29, 1.82) is 0 Å². The lowest BCUT2D eigenvalue weighted by atomic mass is 10.0. The van der Waals surface area contributed by atoms with Crippen molar-refractivity contribution in [2.45, 2.75) is 39.2 Å². The van der Waals surface area contributed by atoms with E-state index in [9.17, 15) is 9.59 Å². The highest BCUT2D eigenvalue weighted by molar-refractivity contribution is 6.30. The fourth-order valence-corrected chi connectivity index (χ4v) is 3.07. The standard InChI is InChI=1S/C18H26ClN3O2/c1-13(2)17(23)22-10-7-16(8-11-22)21-18(24)20-9-6-14-4-3-5-15(19)12-14/h3-5,12-13,16H,6-11H2,1-2H3,(H2,20,21,24). The number of rotatable bonds is 5. The number of urea groups is 1. The highest BCUT2D eigenvalue weighted by Crippen LogP contribution is 2.13. The highest BCUT2D eigenvalue weighted by Gasteiger charge is 2.24. The second kappa shape index (κ2) is 8.92. The number of carbonyl (C=O) groups excluding carboxylic acids is 2. The van der Waals surface area contributed by atoms with Crippen LogP contribution in [0.4, 0.5) is 4.79 Å². The highest BCUT2D eigenvalue weighted by atomic mass is 35.5. The minimum atomic E-state index is -0.148. The third-order valence-corrected chi connectivity index (χ3v) is 4.46. The summed E-state index contributed by atoms with van der Waals surface area (Å²) in [7, 11) is 0. The van der Waals surface area contributed by atoms with Crippen molar-refractivity contribution in [1.82, 2.24) is 15.5 Å². The van der Waals surface area contributed by atoms with Gasteiger partial charge in [-0.15, -0.1) is 0 Å². The Kier molecular flexibility index (Phi) is 6.91. The van der Waals surface area contributed by atoms with Gasteiger partial charge in [0.05, 0.1) is 0 Å². The van der Waals surface area contributed by atoms with Crippen molar-refractivity contribution < 1.29 is 9.59 Å². The van der Waals surface area contributed by atoms with E-state index in [0.29, 0.717) is 24.7 Å². The molecule has 6 heteroatoms. The normalized spacial score (nSPS) is 15.4. The summed E-state index contributed by atoms with van der Waals surface area (Å²) >= 11 is 5.94. The molecule has 0 saturated carbocycles. The van der Waals surface area contributed by atoms with E-state index in [4.69, 9.17) is 11.6 Å². The van der Waals surface area contributed by atoms with Crippen molar-refractivity contribution in [2.24, 2.45) is 5.92 Å². The molecule has 0 aromatic heterocycles. The Bertz CT molecular complexity index is 569. The molecule has 1 heterocycles. The van der Waals surface area contributed by atoms with Gasteiger partial charge in [0.2, 0.25) is 5.91 Å². The lowest BCUT2D eigenvalue weighted by molar-refractivity contribution is -0.135. The van der Waals surface area contributed by atoms with Gasteiger partial charge in [0.25, 0.3) is 0 Å². The largest absolute Gasteiger partial charge is 0.342 e. The number of hydrogen-bond acceptors (Lipinski definition) is 2. The topological polar surface area (TPSA) is 61.4 Å². The first kappa shape index (κ1) is 18.6. The molecule has 2 rings (SSSR count). The zero-order valence-corrected chi connectivity index (χ0v) is 15.1. The number of halogens is 1. The van der Waals surface area contributed by atoms with Crippen LogP contribution in [0.3, 0.4) is 0 Å². The maximum Gasteiger partial charge on any atom is 0.315 e. The molecule has 3 amide bonds. The van der Waals surface area contributed by atoms with Gasteiger partial charge in [-0.3, -0.25) is 4.79 Å². The van der Waals surface area contributed by atoms with E-state index >= 15 is 0 Å². The Morgan fingerprint density at radius 2 is 2.00 bits per heavy atom. The van der Waals surface area contributed by atoms with Crippen LogP contribution in [0.1, 0.15) is 32.3 Å². The van der Waals surface area contributed by atoms with Crippen LogP contribution in [-0.4, -0.2) is 42.5 Å². The molecule has 1 aromatic rings. The number of carbonyl (C=O) groups is 2. The summed E-state index contributed by atoms with van der Waals surface area (Å²) in [5, 5.41) is 6.58. The van der Waals surface area contributed by atoms with Crippen LogP contribution >= 0.6 is 11.6 Å². The summed E-state index contributed by atoms with van der Waals surface area (Å²) in [6.07, 6.45) is 2.36. The molecule has 1 aromatic carbocycles. The molecule has 2 N–H and O–H groups in total. The number of amides is 3. The van der Waals surface area contributed by atoms with E-state index in [1.54, 1.807) is 0 Å². The van der Waals surface area contributed by atoms with Crippen molar-refractivity contribution in [3.05, 3.63) is 34.9 Å². The van der Waals surface area contributed by atoms with Gasteiger partial charge in [-0.05, 0) is 37.0 Å². The molecule has 0 bridgehead atoms. The van der Waals surface area contributed by atoms with Gasteiger partial charge in [0, 0.05) is 36.6 Å². The van der Waals surface area contributed by atoms with Crippen LogP contribution in [-0.2, 0) is 11.2 Å². The summed E-state index contributed by atoms with van der Waals surface area (Å²) in [6.45, 7) is 5.83. The van der Waals surface area contributed by atoms with Gasteiger partial charge < -0.3 is 15.5 Å². The summed E-state index contributed by atoms with van der Waals surface area (Å²) in [6, 6.07) is 7.62. The SMILES string of the molecule is CC(C)C(=O)N1CCC(NC(=O)NCCc2cccc(Cl)c2)CC1. The third kappa shape index (κ3) is 5.71. The second-order valence-corrected chi connectivity index (χ2v) is 6.97. The minimum absolute atomic E-state index is 0.0318. The molecular formula is C18H26ClN3O2. The Hall–Kier alpha value is -1.75. The average Bonchev–Trinajstić information content (AvgIpc) is 2.55. The summed E-state index contributed by atoms with van der Waals surface area (Å²) in [5.74, 6) is 0.226. The average molecular weight is 352 g/mol. The minimum Gasteiger partial charge on any atom is -0.342 e. The monoisotopic (exact) mass is 351 g/mol. The van der Waals surface area contributed by atoms with Gasteiger partial charge in [-0.1, -0.05) is 37.6 Å². The lowest BCUT2D eigenvalue weighted by Crippen LogP contribution is -2.50. The third-order valence-electron chi connectivity index (χ3n) is 4.22. The van der Waals surface area contributed by atoms with Crippen LogP contribution in [0.5, 0.6) is 0 Å². The molecule has 5 nitrogen and oxygen atoms in total. The molecular weight excluding hydrogens is 326 g/mol. The molecule has 0 spiro atoms. The van der Waals surface area contributed by atoms with Crippen molar-refractivity contribution >= 4 is 23.5 Å². The van der Waals surface area contributed by atoms with E-state index in [2.05, 4.69) is 10.6 Å². The Morgan fingerprint density at radius 3 is 2.62 bits per heavy atom. The fourth-order valence-electron chi connectivity index (χ4n) is 2.86. The Morgan fingerprint density at radius 1 is 1.29 bits per heavy atom. The molecule has 1 fully saturated rings. The molecule has 0 radical (unpaired) electrons. The number of likely N-dealkylation sites (tertiary alicyclic amines) is 1. The quantitative estimate of drug-likeness (QED) is 0.856. The molecule has 0 unspecified atom stereocenters. The molecule has 1 saturated heterocycles. The smallest absolute Gasteiger partial charge is 0.315 e. The molecule has 1 aliphatic heterocycles. The summed E-state index contributed by atoms with van der Waals surface area (Å²) < 4.78 is 0. The van der Waals surface area contributed by atoms with Gasteiger partial charge in [0.1, 0.15) is 0 Å². The van der Waals surface area contributed by atoms with Gasteiger partial charge >= 0.3 is 6.03 Å². The lowest BCUT2D eigenvalue weighted by Gasteiger charge is -2.33. The van der Waals surface area contributed by atoms with Crippen molar-refractivity contribution in [2.75, 3.05) is 19.6 Å². The van der Waals surface area contributed by atoms with E-state index in [0.717, 1.165) is 24.8 Å². The number of piperidine rings is 1. The van der Waals surface area contributed by atoms with E-state index in [1.807, 2.05) is 43.0 Å². The van der Waals surface area contributed by atoms with Crippen LogP contribution in [0.25, 0.3) is 0 Å². The van der Waals surface area contributed by atoms with E-state index < -0.39 is 0 Å². The Labute approximate surface area is 148 Å². The Balaban J connectivity index is 1.66. The predicted octanol–water partition coefficient (Wildman–Crippen LogP) is 2.83. The van der Waals surface area contributed by atoms with Crippen molar-refractivity contribution in [3.63, 3.8) is 0 Å². The van der Waals surface area contributed by atoms with Gasteiger partial charge in [0.15, 0.2) is 0 Å². The maximum absolute atomic E-state index is 12.0. The van der Waals surface area contributed by atoms with Crippen LogP contribution in [0.2, 0.25) is 5.02 Å². The maximum atomic E-state index is 12.0. The van der Waals surface area contributed by atoms with Gasteiger partial charge in [-0.2, -0.15) is 0 Å². The van der Waals surface area contributed by atoms with Crippen LogP contribution < -0.4 is 10.6 Å². The first-order chi connectivity index (χ1) is 11.5. The summed E-state index contributed by atoms with van der Waals surface area (Å²) in [4.78, 5) is 25.8. The van der Waals surface area contributed by atoms with Crippen LogP contribution in [0.15, 0.2) is 24.3 Å². The molecule has 1 aliphatic rings. The first-order valence-corrected chi connectivity index (χ1v) is 8.91. The summed E-state index contributed by atoms with van der Waals surface area (Å²) in [5.41, 5.74) is 1.10. The first-order valence-electron chi connectivity index (χ1n) is 8.53. The molecule has 132 valence electrons. The van der Waals surface area contributed by atoms with Gasteiger partial charge in [-0.25, -0.2) is 4.79 Å². The zero-order chi connectivity index (χ0) is 17.5. The number of benzene rings is 1. The fraction of sp³-hybridized carbons (Fsp3) is 0.556.